The molecule has 0 saturated heterocycles. The van der Waals surface area contributed by atoms with Gasteiger partial charge in [0, 0.05) is 11.6 Å². The number of phenolic OH excluding ortho intramolecular Hbond substituents is 2. The highest BCUT2D eigenvalue weighted by molar-refractivity contribution is 6.42. The van der Waals surface area contributed by atoms with E-state index in [1.165, 1.54) is 12.1 Å². The zero-order valence-corrected chi connectivity index (χ0v) is 12.1. The topological polar surface area (TPSA) is 64.9 Å². The van der Waals surface area contributed by atoms with Crippen LogP contribution in [-0.4, -0.2) is 15.9 Å². The predicted octanol–water partition coefficient (Wildman–Crippen LogP) is 4.24. The van der Waals surface area contributed by atoms with Gasteiger partial charge in [-0.05, 0) is 37.3 Å². The van der Waals surface area contributed by atoms with Crippen LogP contribution in [-0.2, 0) is 0 Å². The van der Waals surface area contributed by atoms with Crippen LogP contribution in [0.3, 0.4) is 0 Å². The average Bonchev–Trinajstić information content (AvgIpc) is 2.40. The molecule has 0 amide bonds. The summed E-state index contributed by atoms with van der Waals surface area (Å²) in [6.45, 7) is 1.73. The van der Waals surface area contributed by atoms with Gasteiger partial charge in [0.05, 0.1) is 21.4 Å². The third-order valence-electron chi connectivity index (χ3n) is 2.64. The SMILES string of the molecule is CC(=NNc1ccc(Cl)c(Cl)c1)c1ccc(O)cc1O. The molecule has 0 atom stereocenters. The minimum absolute atomic E-state index is 0.00325. The number of halogens is 2. The molecular weight excluding hydrogens is 299 g/mol. The van der Waals surface area contributed by atoms with Crippen LogP contribution in [0.1, 0.15) is 12.5 Å². The van der Waals surface area contributed by atoms with Crippen molar-refractivity contribution in [2.24, 2.45) is 5.10 Å². The van der Waals surface area contributed by atoms with Crippen molar-refractivity contribution in [3.8, 4) is 11.5 Å². The first-order valence-corrected chi connectivity index (χ1v) is 6.50. The van der Waals surface area contributed by atoms with Gasteiger partial charge in [-0.15, -0.1) is 0 Å². The Morgan fingerprint density at radius 2 is 1.80 bits per heavy atom. The standard InChI is InChI=1S/C14H12Cl2N2O2/c1-8(11-4-3-10(19)7-14(11)20)17-18-9-2-5-12(15)13(16)6-9/h2-7,18-20H,1H3. The fraction of sp³-hybridized carbons (Fsp3) is 0.0714. The number of hydrazone groups is 1. The van der Waals surface area contributed by atoms with Gasteiger partial charge in [-0.3, -0.25) is 5.43 Å². The van der Waals surface area contributed by atoms with Crippen molar-refractivity contribution in [3.05, 3.63) is 52.0 Å². The second-order valence-electron chi connectivity index (χ2n) is 4.14. The molecule has 2 aromatic rings. The molecule has 0 aliphatic rings. The summed E-state index contributed by atoms with van der Waals surface area (Å²) in [5.41, 5.74) is 4.59. The predicted molar refractivity (Wildman–Crippen MR) is 82.1 cm³/mol. The maximum Gasteiger partial charge on any atom is 0.128 e. The van der Waals surface area contributed by atoms with E-state index in [2.05, 4.69) is 10.5 Å². The monoisotopic (exact) mass is 310 g/mol. The van der Waals surface area contributed by atoms with Gasteiger partial charge in [-0.1, -0.05) is 23.2 Å². The number of benzene rings is 2. The summed E-state index contributed by atoms with van der Waals surface area (Å²) in [6.07, 6.45) is 0. The first-order valence-electron chi connectivity index (χ1n) is 5.75. The van der Waals surface area contributed by atoms with Crippen molar-refractivity contribution in [3.63, 3.8) is 0 Å². The number of hydrogen-bond acceptors (Lipinski definition) is 4. The molecule has 0 radical (unpaired) electrons. The number of nitrogens with zero attached hydrogens (tertiary/aromatic N) is 1. The lowest BCUT2D eigenvalue weighted by Crippen LogP contribution is -2.00. The third kappa shape index (κ3) is 3.35. The molecule has 2 rings (SSSR count). The van der Waals surface area contributed by atoms with Crippen LogP contribution in [0.15, 0.2) is 41.5 Å². The lowest BCUT2D eigenvalue weighted by molar-refractivity contribution is 0.450. The highest BCUT2D eigenvalue weighted by Crippen LogP contribution is 2.26. The number of aromatic hydroxyl groups is 2. The normalized spacial score (nSPS) is 11.4. The molecule has 104 valence electrons. The molecule has 0 aromatic heterocycles. The Bertz CT molecular complexity index is 672. The van der Waals surface area contributed by atoms with E-state index in [0.717, 1.165) is 0 Å². The quantitative estimate of drug-likeness (QED) is 0.587. The van der Waals surface area contributed by atoms with Crippen molar-refractivity contribution in [1.29, 1.82) is 0 Å². The van der Waals surface area contributed by atoms with E-state index in [9.17, 15) is 10.2 Å². The van der Waals surface area contributed by atoms with Gasteiger partial charge in [-0.25, -0.2) is 0 Å². The molecule has 0 fully saturated rings. The third-order valence-corrected chi connectivity index (χ3v) is 3.38. The van der Waals surface area contributed by atoms with Crippen molar-refractivity contribution in [2.45, 2.75) is 6.92 Å². The van der Waals surface area contributed by atoms with E-state index in [1.807, 2.05) is 0 Å². The van der Waals surface area contributed by atoms with E-state index in [0.29, 0.717) is 27.0 Å². The van der Waals surface area contributed by atoms with Crippen LogP contribution in [0.4, 0.5) is 5.69 Å². The van der Waals surface area contributed by atoms with Crippen molar-refractivity contribution in [2.75, 3.05) is 5.43 Å². The molecule has 0 unspecified atom stereocenters. The minimum Gasteiger partial charge on any atom is -0.508 e. The maximum atomic E-state index is 9.73. The largest absolute Gasteiger partial charge is 0.508 e. The molecular formula is C14H12Cl2N2O2. The number of phenols is 2. The van der Waals surface area contributed by atoms with Gasteiger partial charge in [0.25, 0.3) is 0 Å². The Morgan fingerprint density at radius 3 is 2.45 bits per heavy atom. The molecule has 0 bridgehead atoms. The Balaban J connectivity index is 2.20. The van der Waals surface area contributed by atoms with E-state index < -0.39 is 0 Å². The summed E-state index contributed by atoms with van der Waals surface area (Å²) in [7, 11) is 0. The van der Waals surface area contributed by atoms with Gasteiger partial charge >= 0.3 is 0 Å². The average molecular weight is 311 g/mol. The van der Waals surface area contributed by atoms with Crippen LogP contribution in [0.25, 0.3) is 0 Å². The van der Waals surface area contributed by atoms with E-state index >= 15 is 0 Å². The highest BCUT2D eigenvalue weighted by atomic mass is 35.5. The van der Waals surface area contributed by atoms with E-state index in [-0.39, 0.29) is 11.5 Å². The molecule has 0 spiro atoms. The number of anilines is 1. The Hall–Kier alpha value is -1.91. The first-order chi connectivity index (χ1) is 9.47. The summed E-state index contributed by atoms with van der Waals surface area (Å²) in [5.74, 6) is -0.0429. The minimum atomic E-state index is -0.0396. The first kappa shape index (κ1) is 14.5. The summed E-state index contributed by atoms with van der Waals surface area (Å²) in [5, 5.41) is 24.0. The van der Waals surface area contributed by atoms with Gasteiger partial charge < -0.3 is 10.2 Å². The zero-order valence-electron chi connectivity index (χ0n) is 10.6. The summed E-state index contributed by atoms with van der Waals surface area (Å²) in [6, 6.07) is 9.37. The maximum absolute atomic E-state index is 9.73. The summed E-state index contributed by atoms with van der Waals surface area (Å²) < 4.78 is 0. The summed E-state index contributed by atoms with van der Waals surface area (Å²) in [4.78, 5) is 0. The Kier molecular flexibility index (Phi) is 4.37. The summed E-state index contributed by atoms with van der Waals surface area (Å²) >= 11 is 11.7. The second kappa shape index (κ2) is 6.03. The van der Waals surface area contributed by atoms with Crippen molar-refractivity contribution < 1.29 is 10.2 Å². The second-order valence-corrected chi connectivity index (χ2v) is 4.95. The molecule has 4 nitrogen and oxygen atoms in total. The van der Waals surface area contributed by atoms with Gasteiger partial charge in [-0.2, -0.15) is 5.10 Å². The fourth-order valence-corrected chi connectivity index (χ4v) is 1.90. The van der Waals surface area contributed by atoms with E-state index in [1.54, 1.807) is 31.2 Å². The van der Waals surface area contributed by atoms with Gasteiger partial charge in [0.1, 0.15) is 11.5 Å². The van der Waals surface area contributed by atoms with Crippen molar-refractivity contribution in [1.82, 2.24) is 0 Å². The molecule has 6 heteroatoms. The molecule has 0 aliphatic carbocycles. The molecule has 0 heterocycles. The van der Waals surface area contributed by atoms with Crippen LogP contribution < -0.4 is 5.43 Å². The molecule has 0 saturated carbocycles. The lowest BCUT2D eigenvalue weighted by atomic mass is 10.1. The lowest BCUT2D eigenvalue weighted by Gasteiger charge is -2.06. The van der Waals surface area contributed by atoms with Crippen LogP contribution >= 0.6 is 23.2 Å². The number of hydrogen-bond donors (Lipinski definition) is 3. The molecule has 20 heavy (non-hydrogen) atoms. The number of nitrogens with one attached hydrogen (secondary N) is 1. The van der Waals surface area contributed by atoms with Gasteiger partial charge in [0.15, 0.2) is 0 Å². The Labute approximate surface area is 126 Å². The van der Waals surface area contributed by atoms with E-state index in [4.69, 9.17) is 23.2 Å². The fourth-order valence-electron chi connectivity index (χ4n) is 1.60. The number of rotatable bonds is 3. The molecule has 3 N–H and O–H groups in total. The van der Waals surface area contributed by atoms with Crippen LogP contribution in [0.5, 0.6) is 11.5 Å². The highest BCUT2D eigenvalue weighted by Gasteiger charge is 2.06. The smallest absolute Gasteiger partial charge is 0.128 e. The van der Waals surface area contributed by atoms with Crippen LogP contribution in [0, 0.1) is 0 Å². The Morgan fingerprint density at radius 1 is 1.05 bits per heavy atom. The van der Waals surface area contributed by atoms with Gasteiger partial charge in [0.2, 0.25) is 0 Å². The molecule has 2 aromatic carbocycles. The van der Waals surface area contributed by atoms with Crippen molar-refractivity contribution >= 4 is 34.6 Å². The molecule has 0 aliphatic heterocycles. The van der Waals surface area contributed by atoms with Crippen LogP contribution in [0.2, 0.25) is 10.0 Å². The zero-order chi connectivity index (χ0) is 14.7.